The summed E-state index contributed by atoms with van der Waals surface area (Å²) < 4.78 is 2.08. The van der Waals surface area contributed by atoms with E-state index in [0.29, 0.717) is 20.6 Å². The number of rotatable bonds is 2. The van der Waals surface area contributed by atoms with Gasteiger partial charge in [-0.3, -0.25) is 0 Å². The van der Waals surface area contributed by atoms with Crippen LogP contribution in [0.3, 0.4) is 0 Å². The molecule has 10 heterocycles. The maximum atomic E-state index is 2.68. The second-order valence-electron chi connectivity index (χ2n) is 19.1. The van der Waals surface area contributed by atoms with Crippen LogP contribution in [-0.4, -0.2) is 28.7 Å². The topological polar surface area (TPSA) is 0 Å². The van der Waals surface area contributed by atoms with Crippen LogP contribution in [0.4, 0.5) is 0 Å². The molecule has 0 aromatic rings. The summed E-state index contributed by atoms with van der Waals surface area (Å²) >= 11 is 0. The summed E-state index contributed by atoms with van der Waals surface area (Å²) in [4.78, 5) is 11.4. The Morgan fingerprint density at radius 3 is 0.800 bits per heavy atom. The largest absolute Gasteiger partial charge is 0 e. The second-order valence-corrected chi connectivity index (χ2v) is 51.2. The van der Waals surface area contributed by atoms with Gasteiger partial charge in [-0.2, -0.15) is 0 Å². The van der Waals surface area contributed by atoms with Crippen LogP contribution < -0.4 is 0 Å². The molecule has 0 bridgehead atoms. The first-order valence-electron chi connectivity index (χ1n) is 12.5. The summed E-state index contributed by atoms with van der Waals surface area (Å²) in [5.41, 5.74) is 0. The third-order valence-electron chi connectivity index (χ3n) is 18.0. The van der Waals surface area contributed by atoms with E-state index in [9.17, 15) is 0 Å². The molecule has 176 valence electrons. The van der Waals surface area contributed by atoms with Gasteiger partial charge in [0.2, 0.25) is 0 Å². The first-order valence-corrected chi connectivity index (χ1v) is 21.4. The predicted octanol–water partition coefficient (Wildman–Crippen LogP) is 9.35. The molecular weight excluding hydrogens is 536 g/mol. The molecule has 10 aliphatic rings. The molecule has 0 aromatic heterocycles. The molecule has 8 atom stereocenters. The Balaban J connectivity index is 0.00000144. The molecule has 0 N–H and O–H groups in total. The van der Waals surface area contributed by atoms with Gasteiger partial charge in [-0.15, -0.1) is 0 Å². The first-order chi connectivity index (χ1) is 12.7. The Morgan fingerprint density at radius 2 is 0.667 bits per heavy atom. The van der Waals surface area contributed by atoms with Gasteiger partial charge in [0, 0.05) is 20.4 Å². The fraction of sp³-hybridized carbons (Fsp3) is 1.00. The van der Waals surface area contributed by atoms with Crippen molar-refractivity contribution >= 4 is 15.8 Å². The minimum atomic E-state index is -3.47. The maximum Gasteiger partial charge on any atom is 0 e. The molecule has 30 heavy (non-hydrogen) atoms. The predicted molar refractivity (Wildman–Crippen MR) is 128 cm³/mol. The van der Waals surface area contributed by atoms with Crippen LogP contribution in [0.15, 0.2) is 0 Å². The van der Waals surface area contributed by atoms with Gasteiger partial charge in [-0.1, -0.05) is 0 Å². The van der Waals surface area contributed by atoms with Crippen LogP contribution in [0, 0.1) is 0 Å². The quantitative estimate of drug-likeness (QED) is 0.226. The van der Waals surface area contributed by atoms with Gasteiger partial charge >= 0.3 is 173 Å². The summed E-state index contributed by atoms with van der Waals surface area (Å²) in [7, 11) is 0.244. The van der Waals surface area contributed by atoms with E-state index in [-0.39, 0.29) is 36.3 Å². The van der Waals surface area contributed by atoms with Crippen molar-refractivity contribution in [1.29, 1.82) is 0 Å². The zero-order valence-electron chi connectivity index (χ0n) is 21.2. The molecule has 10 rings (SSSR count). The van der Waals surface area contributed by atoms with Crippen LogP contribution in [0.2, 0.25) is 38.5 Å². The van der Waals surface area contributed by atoms with E-state index >= 15 is 0 Å². The minimum absolute atomic E-state index is 0. The first kappa shape index (κ1) is 19.3. The molecule has 0 saturated carbocycles. The normalized spacial score (nSPS) is 77.7. The Morgan fingerprint density at radius 1 is 0.467 bits per heavy atom. The summed E-state index contributed by atoms with van der Waals surface area (Å²) in [5, 5.41) is 2.22. The molecular formula is C26H44FeP2Pd. The molecule has 1 spiro atoms. The molecule has 10 saturated heterocycles. The van der Waals surface area contributed by atoms with E-state index < -0.39 is 6.51 Å². The third-order valence-corrected chi connectivity index (χ3v) is 76.8. The van der Waals surface area contributed by atoms with Crippen LogP contribution in [0.25, 0.3) is 0 Å². The Hall–Kier alpha value is 2.04. The number of hydrogen-bond donors (Lipinski definition) is 0. The maximum absolute atomic E-state index is 3.47. The summed E-state index contributed by atoms with van der Waals surface area (Å²) in [6, 6.07) is 0. The SMILES string of the molecule is CC(C)(C)P(C(C)(C)C)[C]12[CH]3[CH]4[CH]5[CH]1[Fe]45321678[CH]2[CH]1[CH]6[C]7(P(C(C)(C)C)C(C)(C)C)[CH]28.[Pd]. The van der Waals surface area contributed by atoms with Crippen molar-refractivity contribution in [2.24, 2.45) is 0 Å². The second kappa shape index (κ2) is 2.19. The Bertz CT molecular complexity index is 1220. The number of fused-ring (bicyclic) bond motifs is 10. The minimum Gasteiger partial charge on any atom is 0 e. The monoisotopic (exact) mass is 580 g/mol. The molecule has 0 radical (unpaired) electrons. The molecule has 10 fully saturated rings. The van der Waals surface area contributed by atoms with E-state index in [1.807, 2.05) is 0 Å². The van der Waals surface area contributed by atoms with Gasteiger partial charge in [0.1, 0.15) is 0 Å². The van der Waals surface area contributed by atoms with Crippen molar-refractivity contribution in [2.45, 2.75) is 150 Å². The van der Waals surface area contributed by atoms with Crippen LogP contribution in [0.5, 0.6) is 0 Å². The Kier molecular flexibility index (Phi) is 1.41. The fourth-order valence-corrected chi connectivity index (χ4v) is 133. The standard InChI is InChI=1S/2C13H22P.Fe.Pd/c2*1-12(2,3)14(13(4,5)6)11-9-7-8-10-11;;/h2*7-10H,1-6H3;;. The van der Waals surface area contributed by atoms with Crippen LogP contribution >= 0.6 is 15.8 Å². The smallest absolute Gasteiger partial charge is 0 e. The molecule has 10 aliphatic heterocycles. The van der Waals surface area contributed by atoms with Crippen molar-refractivity contribution < 1.29 is 26.9 Å². The van der Waals surface area contributed by atoms with Gasteiger partial charge in [0.25, 0.3) is 0 Å². The fourth-order valence-electron chi connectivity index (χ4n) is 21.6. The molecule has 8 unspecified atom stereocenters. The van der Waals surface area contributed by atoms with Gasteiger partial charge in [-0.25, -0.2) is 0 Å². The van der Waals surface area contributed by atoms with E-state index in [1.165, 1.54) is 38.5 Å². The molecule has 0 aliphatic carbocycles. The van der Waals surface area contributed by atoms with Crippen LogP contribution in [-0.2, 0) is 26.9 Å². The van der Waals surface area contributed by atoms with Gasteiger partial charge in [0.15, 0.2) is 0 Å². The summed E-state index contributed by atoms with van der Waals surface area (Å²) in [6.45, 7) is 28.7. The van der Waals surface area contributed by atoms with Gasteiger partial charge < -0.3 is 0 Å². The van der Waals surface area contributed by atoms with E-state index in [1.54, 1.807) is 0 Å². The third kappa shape index (κ3) is 0.363. The average Bonchev–Trinajstić information content (AvgIpc) is 3.36. The number of hydrogen-bond acceptors (Lipinski definition) is 0. The van der Waals surface area contributed by atoms with Crippen LogP contribution in [0.1, 0.15) is 83.1 Å². The average molecular weight is 581 g/mol. The summed E-state index contributed by atoms with van der Waals surface area (Å²) in [6.07, 6.45) is 0. The summed E-state index contributed by atoms with van der Waals surface area (Å²) in [5.74, 6) is 0. The van der Waals surface area contributed by atoms with Crippen molar-refractivity contribution in [3.8, 4) is 0 Å². The van der Waals surface area contributed by atoms with E-state index in [4.69, 9.17) is 0 Å². The zero-order chi connectivity index (χ0) is 21.1. The van der Waals surface area contributed by atoms with Crippen molar-refractivity contribution in [1.82, 2.24) is 0 Å². The molecule has 4 heteroatoms. The zero-order valence-corrected chi connectivity index (χ0v) is 25.6. The van der Waals surface area contributed by atoms with Gasteiger partial charge in [-0.05, 0) is 0 Å². The molecule has 0 aromatic carbocycles. The van der Waals surface area contributed by atoms with Crippen molar-refractivity contribution in [3.63, 3.8) is 0 Å². The van der Waals surface area contributed by atoms with Gasteiger partial charge in [0.05, 0.1) is 0 Å². The Labute approximate surface area is 192 Å². The van der Waals surface area contributed by atoms with Crippen molar-refractivity contribution in [3.05, 3.63) is 0 Å². The van der Waals surface area contributed by atoms with E-state index in [2.05, 4.69) is 83.1 Å². The van der Waals surface area contributed by atoms with E-state index in [0.717, 1.165) is 8.11 Å². The molecule has 0 amide bonds. The molecule has 0 nitrogen and oxygen atoms in total. The van der Waals surface area contributed by atoms with Crippen molar-refractivity contribution in [2.75, 3.05) is 0 Å².